The van der Waals surface area contributed by atoms with Gasteiger partial charge in [0.1, 0.15) is 5.60 Å². The summed E-state index contributed by atoms with van der Waals surface area (Å²) in [6.45, 7) is 1.84. The molecule has 16 heavy (non-hydrogen) atoms. The van der Waals surface area contributed by atoms with E-state index in [-0.39, 0.29) is 17.7 Å². The number of piperidine rings is 1. The second kappa shape index (κ2) is 3.63. The molecule has 0 radical (unpaired) electrons. The van der Waals surface area contributed by atoms with Crippen molar-refractivity contribution in [2.24, 2.45) is 0 Å². The Labute approximate surface area is 94.7 Å². The van der Waals surface area contributed by atoms with Crippen LogP contribution in [0.5, 0.6) is 0 Å². The number of amides is 1. The van der Waals surface area contributed by atoms with Gasteiger partial charge in [0, 0.05) is 12.8 Å². The number of allylic oxidation sites excluding steroid dienone is 2. The predicted molar refractivity (Wildman–Crippen MR) is 60.1 cm³/mol. The van der Waals surface area contributed by atoms with Crippen LogP contribution in [0.2, 0.25) is 0 Å². The molecule has 3 rings (SSSR count). The lowest BCUT2D eigenvalue weighted by molar-refractivity contribution is -0.00569. The standard InChI is InChI=1S/C12H16N2O2/c15-11-14-10-4-2-1-3-9(10)12(16-11)5-7-13-8-6-12/h1-3,10,13H,4-8H2,(H,14,15). The van der Waals surface area contributed by atoms with E-state index in [4.69, 9.17) is 4.74 Å². The Morgan fingerprint density at radius 2 is 2.19 bits per heavy atom. The van der Waals surface area contributed by atoms with Crippen molar-refractivity contribution in [3.05, 3.63) is 23.8 Å². The van der Waals surface area contributed by atoms with Gasteiger partial charge in [-0.3, -0.25) is 0 Å². The summed E-state index contributed by atoms with van der Waals surface area (Å²) >= 11 is 0. The highest BCUT2D eigenvalue weighted by Gasteiger charge is 2.46. The van der Waals surface area contributed by atoms with Crippen LogP contribution in [0, 0.1) is 0 Å². The molecule has 1 amide bonds. The summed E-state index contributed by atoms with van der Waals surface area (Å²) in [4.78, 5) is 11.6. The van der Waals surface area contributed by atoms with Crippen molar-refractivity contribution in [2.75, 3.05) is 13.1 Å². The normalized spacial score (nSPS) is 31.4. The molecule has 4 heteroatoms. The van der Waals surface area contributed by atoms with Gasteiger partial charge in [-0.05, 0) is 25.1 Å². The minimum Gasteiger partial charge on any atom is -0.438 e. The molecule has 0 saturated carbocycles. The van der Waals surface area contributed by atoms with Gasteiger partial charge in [-0.15, -0.1) is 0 Å². The number of alkyl carbamates (subject to hydrolysis) is 1. The molecule has 4 nitrogen and oxygen atoms in total. The van der Waals surface area contributed by atoms with Gasteiger partial charge in [-0.2, -0.15) is 0 Å². The molecule has 1 atom stereocenters. The predicted octanol–water partition coefficient (Wildman–Crippen LogP) is 1.10. The molecule has 1 aliphatic carbocycles. The average Bonchev–Trinajstić information content (AvgIpc) is 2.30. The zero-order valence-corrected chi connectivity index (χ0v) is 9.16. The second-order valence-corrected chi connectivity index (χ2v) is 4.62. The zero-order chi connectivity index (χ0) is 11.0. The van der Waals surface area contributed by atoms with Crippen molar-refractivity contribution in [2.45, 2.75) is 30.9 Å². The van der Waals surface area contributed by atoms with E-state index in [1.807, 2.05) is 0 Å². The van der Waals surface area contributed by atoms with E-state index in [0.717, 1.165) is 32.4 Å². The fourth-order valence-electron chi connectivity index (χ4n) is 2.87. The average molecular weight is 220 g/mol. The van der Waals surface area contributed by atoms with Crippen LogP contribution in [-0.2, 0) is 4.74 Å². The third-order valence-corrected chi connectivity index (χ3v) is 3.68. The summed E-state index contributed by atoms with van der Waals surface area (Å²) in [5.74, 6) is 0. The molecule has 2 fully saturated rings. The quantitative estimate of drug-likeness (QED) is 0.643. The van der Waals surface area contributed by atoms with Gasteiger partial charge < -0.3 is 15.4 Å². The maximum atomic E-state index is 11.6. The summed E-state index contributed by atoms with van der Waals surface area (Å²) in [5.41, 5.74) is 0.902. The van der Waals surface area contributed by atoms with Crippen LogP contribution >= 0.6 is 0 Å². The van der Waals surface area contributed by atoms with Crippen LogP contribution in [0.1, 0.15) is 19.3 Å². The SMILES string of the molecule is O=C1NC2CC=CC=C2C2(CCNCC2)O1. The summed E-state index contributed by atoms with van der Waals surface area (Å²) in [7, 11) is 0. The number of carbonyl (C=O) groups excluding carboxylic acids is 1. The number of fused-ring (bicyclic) bond motifs is 2. The van der Waals surface area contributed by atoms with Crippen LogP contribution in [0.15, 0.2) is 23.8 Å². The molecule has 0 aromatic rings. The smallest absolute Gasteiger partial charge is 0.408 e. The van der Waals surface area contributed by atoms with Crippen LogP contribution < -0.4 is 10.6 Å². The van der Waals surface area contributed by atoms with E-state index in [1.165, 1.54) is 5.57 Å². The van der Waals surface area contributed by atoms with Gasteiger partial charge in [0.25, 0.3) is 0 Å². The van der Waals surface area contributed by atoms with Crippen molar-refractivity contribution in [3.8, 4) is 0 Å². The molecule has 2 saturated heterocycles. The van der Waals surface area contributed by atoms with Gasteiger partial charge >= 0.3 is 6.09 Å². The first-order chi connectivity index (χ1) is 7.80. The van der Waals surface area contributed by atoms with E-state index in [9.17, 15) is 4.79 Å². The largest absolute Gasteiger partial charge is 0.438 e. The number of hydrogen-bond acceptors (Lipinski definition) is 3. The Hall–Kier alpha value is -1.29. The van der Waals surface area contributed by atoms with Crippen molar-refractivity contribution < 1.29 is 9.53 Å². The summed E-state index contributed by atoms with van der Waals surface area (Å²) in [5, 5.41) is 6.20. The number of nitrogens with one attached hydrogen (secondary N) is 2. The van der Waals surface area contributed by atoms with Crippen molar-refractivity contribution in [1.29, 1.82) is 0 Å². The highest BCUT2D eigenvalue weighted by Crippen LogP contribution is 2.38. The molecule has 86 valence electrons. The van der Waals surface area contributed by atoms with Crippen LogP contribution in [0.3, 0.4) is 0 Å². The molecule has 1 spiro atoms. The maximum Gasteiger partial charge on any atom is 0.408 e. The van der Waals surface area contributed by atoms with E-state index >= 15 is 0 Å². The number of hydrogen-bond donors (Lipinski definition) is 2. The molecule has 0 bridgehead atoms. The van der Waals surface area contributed by atoms with Gasteiger partial charge in [-0.1, -0.05) is 18.2 Å². The first-order valence-electron chi connectivity index (χ1n) is 5.88. The molecule has 2 aliphatic heterocycles. The van der Waals surface area contributed by atoms with E-state index in [0.29, 0.717) is 0 Å². The monoisotopic (exact) mass is 220 g/mol. The first-order valence-corrected chi connectivity index (χ1v) is 5.88. The second-order valence-electron chi connectivity index (χ2n) is 4.62. The van der Waals surface area contributed by atoms with Crippen LogP contribution in [0.4, 0.5) is 4.79 Å². The number of rotatable bonds is 0. The highest BCUT2D eigenvalue weighted by molar-refractivity contribution is 5.72. The molecule has 2 N–H and O–H groups in total. The minimum absolute atomic E-state index is 0.143. The lowest BCUT2D eigenvalue weighted by Gasteiger charge is -2.46. The highest BCUT2D eigenvalue weighted by atomic mass is 16.6. The van der Waals surface area contributed by atoms with Gasteiger partial charge in [0.2, 0.25) is 0 Å². The Bertz CT molecular complexity index is 367. The molecule has 2 heterocycles. The summed E-state index contributed by atoms with van der Waals surface area (Å²) in [6.07, 6.45) is 8.66. The maximum absolute atomic E-state index is 11.6. The Morgan fingerprint density at radius 3 is 3.00 bits per heavy atom. The minimum atomic E-state index is -0.344. The fourth-order valence-corrected chi connectivity index (χ4v) is 2.87. The molecular formula is C12H16N2O2. The lowest BCUT2D eigenvalue weighted by atomic mass is 9.77. The Balaban J connectivity index is 1.96. The number of carbonyl (C=O) groups is 1. The lowest BCUT2D eigenvalue weighted by Crippen LogP contribution is -2.58. The van der Waals surface area contributed by atoms with E-state index in [2.05, 4.69) is 28.9 Å². The van der Waals surface area contributed by atoms with E-state index < -0.39 is 0 Å². The van der Waals surface area contributed by atoms with Crippen molar-refractivity contribution >= 4 is 6.09 Å². The summed E-state index contributed by atoms with van der Waals surface area (Å²) < 4.78 is 5.59. The zero-order valence-electron chi connectivity index (χ0n) is 9.16. The molecule has 3 aliphatic rings. The van der Waals surface area contributed by atoms with E-state index in [1.54, 1.807) is 0 Å². The molecule has 0 aromatic heterocycles. The van der Waals surface area contributed by atoms with Gasteiger partial charge in [0.15, 0.2) is 0 Å². The van der Waals surface area contributed by atoms with Crippen molar-refractivity contribution in [3.63, 3.8) is 0 Å². The third kappa shape index (κ3) is 1.45. The topological polar surface area (TPSA) is 50.4 Å². The van der Waals surface area contributed by atoms with Gasteiger partial charge in [0.05, 0.1) is 6.04 Å². The molecule has 1 unspecified atom stereocenters. The third-order valence-electron chi connectivity index (χ3n) is 3.68. The van der Waals surface area contributed by atoms with Crippen LogP contribution in [0.25, 0.3) is 0 Å². The first kappa shape index (κ1) is 9.90. The van der Waals surface area contributed by atoms with Crippen LogP contribution in [-0.4, -0.2) is 30.8 Å². The fraction of sp³-hybridized carbons (Fsp3) is 0.583. The number of ether oxygens (including phenoxy) is 1. The van der Waals surface area contributed by atoms with Gasteiger partial charge in [-0.25, -0.2) is 4.79 Å². The summed E-state index contributed by atoms with van der Waals surface area (Å²) in [6, 6.07) is 0.143. The molecular weight excluding hydrogens is 204 g/mol. The Morgan fingerprint density at radius 1 is 1.38 bits per heavy atom. The Kier molecular flexibility index (Phi) is 2.24. The molecule has 0 aromatic carbocycles. The van der Waals surface area contributed by atoms with Crippen molar-refractivity contribution in [1.82, 2.24) is 10.6 Å².